The normalized spacial score (nSPS) is 16.9. The molecule has 1 aliphatic heterocycles. The molecule has 7 nitrogen and oxygen atoms in total. The molecule has 1 aromatic heterocycles. The summed E-state index contributed by atoms with van der Waals surface area (Å²) in [5.74, 6) is -1.28. The lowest BCUT2D eigenvalue weighted by molar-refractivity contribution is -0.121. The Labute approximate surface area is 208 Å². The number of halogens is 2. The van der Waals surface area contributed by atoms with Gasteiger partial charge in [-0.05, 0) is 68.4 Å². The van der Waals surface area contributed by atoms with E-state index < -0.39 is 21.9 Å². The topological polar surface area (TPSA) is 73.8 Å². The maximum atomic E-state index is 13.9. The third kappa shape index (κ3) is 5.37. The van der Waals surface area contributed by atoms with E-state index in [2.05, 4.69) is 9.88 Å². The summed E-state index contributed by atoms with van der Waals surface area (Å²) in [6.45, 7) is 6.78. The van der Waals surface area contributed by atoms with E-state index in [1.807, 2.05) is 13.8 Å². The SMILES string of the molecule is CCN(CC)CCN(C(=O)C1CCCN1S(=O)(=O)c1ccc(F)cc1)c1nc2ccc(F)cc2s1. The number of carbonyl (C=O) groups excluding carboxylic acids is 1. The molecule has 1 saturated heterocycles. The van der Waals surface area contributed by atoms with Crippen LogP contribution in [0.2, 0.25) is 0 Å². The Morgan fingerprint density at radius 1 is 1.09 bits per heavy atom. The van der Waals surface area contributed by atoms with Crippen LogP contribution in [0.25, 0.3) is 10.2 Å². The van der Waals surface area contributed by atoms with Gasteiger partial charge in [-0.3, -0.25) is 9.69 Å². The molecule has 1 atom stereocenters. The molecule has 4 rings (SSSR count). The molecule has 1 fully saturated rings. The average molecular weight is 523 g/mol. The van der Waals surface area contributed by atoms with Crippen molar-refractivity contribution in [2.24, 2.45) is 0 Å². The van der Waals surface area contributed by atoms with Gasteiger partial charge in [0, 0.05) is 19.6 Å². The first-order valence-corrected chi connectivity index (χ1v) is 13.9. The van der Waals surface area contributed by atoms with Crippen LogP contribution < -0.4 is 4.90 Å². The number of fused-ring (bicyclic) bond motifs is 1. The number of aromatic nitrogens is 1. The number of benzene rings is 2. The van der Waals surface area contributed by atoms with E-state index in [1.54, 1.807) is 6.07 Å². The summed E-state index contributed by atoms with van der Waals surface area (Å²) in [6.07, 6.45) is 0.909. The second kappa shape index (κ2) is 10.7. The first-order chi connectivity index (χ1) is 16.7. The highest BCUT2D eigenvalue weighted by Gasteiger charge is 2.42. The molecular formula is C24H28F2N4O3S2. The summed E-state index contributed by atoms with van der Waals surface area (Å²) in [6, 6.07) is 7.98. The van der Waals surface area contributed by atoms with E-state index in [-0.39, 0.29) is 23.2 Å². The molecule has 11 heteroatoms. The largest absolute Gasteiger partial charge is 0.302 e. The molecule has 0 bridgehead atoms. The van der Waals surface area contributed by atoms with E-state index in [1.165, 1.54) is 44.8 Å². The minimum Gasteiger partial charge on any atom is -0.302 e. The number of carbonyl (C=O) groups is 1. The lowest BCUT2D eigenvalue weighted by Crippen LogP contribution is -2.49. The van der Waals surface area contributed by atoms with Gasteiger partial charge in [0.25, 0.3) is 0 Å². The molecule has 1 unspecified atom stereocenters. The van der Waals surface area contributed by atoms with Crippen LogP contribution in [0, 0.1) is 11.6 Å². The fourth-order valence-corrected chi connectivity index (χ4v) is 6.95. The number of likely N-dealkylation sites (N-methyl/N-ethyl adjacent to an activating group) is 1. The van der Waals surface area contributed by atoms with Gasteiger partial charge in [0.1, 0.15) is 17.7 Å². The van der Waals surface area contributed by atoms with E-state index in [0.29, 0.717) is 41.3 Å². The number of anilines is 1. The molecule has 0 saturated carbocycles. The zero-order valence-electron chi connectivity index (χ0n) is 19.7. The van der Waals surface area contributed by atoms with Crippen molar-refractivity contribution in [2.45, 2.75) is 37.6 Å². The van der Waals surface area contributed by atoms with Crippen molar-refractivity contribution in [3.63, 3.8) is 0 Å². The summed E-state index contributed by atoms with van der Waals surface area (Å²) in [5.41, 5.74) is 0.578. The maximum absolute atomic E-state index is 13.9. The zero-order chi connectivity index (χ0) is 25.2. The monoisotopic (exact) mass is 522 g/mol. The number of hydrogen-bond donors (Lipinski definition) is 0. The van der Waals surface area contributed by atoms with Crippen LogP contribution >= 0.6 is 11.3 Å². The Bertz CT molecular complexity index is 1290. The summed E-state index contributed by atoms with van der Waals surface area (Å²) in [5, 5.41) is 0.411. The summed E-state index contributed by atoms with van der Waals surface area (Å²) in [4.78, 5) is 22.1. The van der Waals surface area contributed by atoms with Gasteiger partial charge in [0.05, 0.1) is 15.1 Å². The Morgan fingerprint density at radius 3 is 2.46 bits per heavy atom. The molecule has 0 N–H and O–H groups in total. The molecule has 0 radical (unpaired) electrons. The van der Waals surface area contributed by atoms with E-state index in [4.69, 9.17) is 0 Å². The van der Waals surface area contributed by atoms with E-state index in [0.717, 1.165) is 25.2 Å². The standard InChI is InChI=1S/C24H28F2N4O3S2/c1-3-28(4-2)14-15-29(24-27-20-12-9-18(26)16-22(20)34-24)23(31)21-6-5-13-30(21)35(32,33)19-10-7-17(25)8-11-19/h7-12,16,21H,3-6,13-15H2,1-2H3. The van der Waals surface area contributed by atoms with Gasteiger partial charge in [-0.25, -0.2) is 22.2 Å². The van der Waals surface area contributed by atoms with Crippen molar-refractivity contribution in [3.05, 3.63) is 54.1 Å². The first kappa shape index (κ1) is 25.6. The Morgan fingerprint density at radius 2 is 1.77 bits per heavy atom. The molecule has 2 heterocycles. The molecule has 1 amide bonds. The summed E-state index contributed by atoms with van der Waals surface area (Å²) < 4.78 is 55.6. The zero-order valence-corrected chi connectivity index (χ0v) is 21.3. The van der Waals surface area contributed by atoms with Crippen LogP contribution in [0.15, 0.2) is 47.4 Å². The Hall–Kier alpha value is -2.47. The van der Waals surface area contributed by atoms with Gasteiger partial charge in [-0.15, -0.1) is 0 Å². The number of sulfonamides is 1. The van der Waals surface area contributed by atoms with Gasteiger partial charge in [-0.1, -0.05) is 25.2 Å². The Balaban J connectivity index is 1.67. The lowest BCUT2D eigenvalue weighted by atomic mass is 10.2. The van der Waals surface area contributed by atoms with E-state index >= 15 is 0 Å². The average Bonchev–Trinajstić information content (AvgIpc) is 3.49. The number of nitrogens with zero attached hydrogens (tertiary/aromatic N) is 4. The van der Waals surface area contributed by atoms with Crippen molar-refractivity contribution in [2.75, 3.05) is 37.6 Å². The van der Waals surface area contributed by atoms with Crippen LogP contribution in [0.3, 0.4) is 0 Å². The van der Waals surface area contributed by atoms with Crippen LogP contribution in [0.5, 0.6) is 0 Å². The number of hydrogen-bond acceptors (Lipinski definition) is 6. The lowest BCUT2D eigenvalue weighted by Gasteiger charge is -2.30. The third-order valence-corrected chi connectivity index (χ3v) is 9.24. The molecule has 188 valence electrons. The Kier molecular flexibility index (Phi) is 7.80. The highest BCUT2D eigenvalue weighted by atomic mass is 32.2. The predicted molar refractivity (Wildman–Crippen MR) is 133 cm³/mol. The van der Waals surface area contributed by atoms with Crippen molar-refractivity contribution in [1.29, 1.82) is 0 Å². The van der Waals surface area contributed by atoms with Gasteiger partial charge in [-0.2, -0.15) is 4.31 Å². The predicted octanol–water partition coefficient (Wildman–Crippen LogP) is 4.10. The second-order valence-corrected chi connectivity index (χ2v) is 11.3. The molecule has 3 aromatic rings. The highest BCUT2D eigenvalue weighted by molar-refractivity contribution is 7.89. The number of thiazole rings is 1. The minimum atomic E-state index is -3.99. The van der Waals surface area contributed by atoms with Gasteiger partial charge < -0.3 is 4.90 Å². The highest BCUT2D eigenvalue weighted by Crippen LogP contribution is 2.33. The van der Waals surface area contributed by atoms with Crippen molar-refractivity contribution in [3.8, 4) is 0 Å². The van der Waals surface area contributed by atoms with Crippen LogP contribution in [-0.2, 0) is 14.8 Å². The first-order valence-electron chi connectivity index (χ1n) is 11.6. The van der Waals surface area contributed by atoms with E-state index in [9.17, 15) is 22.0 Å². The smallest absolute Gasteiger partial charge is 0.247 e. The molecule has 1 aliphatic rings. The summed E-state index contributed by atoms with van der Waals surface area (Å²) in [7, 11) is -3.99. The fraction of sp³-hybridized carbons (Fsp3) is 0.417. The molecule has 0 spiro atoms. The van der Waals surface area contributed by atoms with Crippen molar-refractivity contribution in [1.82, 2.24) is 14.2 Å². The van der Waals surface area contributed by atoms with Crippen LogP contribution in [0.1, 0.15) is 26.7 Å². The third-order valence-electron chi connectivity index (χ3n) is 6.28. The molecular weight excluding hydrogens is 494 g/mol. The van der Waals surface area contributed by atoms with Crippen molar-refractivity contribution < 1.29 is 22.0 Å². The quantitative estimate of drug-likeness (QED) is 0.423. The minimum absolute atomic E-state index is 0.0521. The van der Waals surface area contributed by atoms with Gasteiger partial charge in [0.2, 0.25) is 15.9 Å². The molecule has 35 heavy (non-hydrogen) atoms. The van der Waals surface area contributed by atoms with Crippen LogP contribution in [-0.4, -0.2) is 67.3 Å². The molecule has 0 aliphatic carbocycles. The van der Waals surface area contributed by atoms with Crippen LogP contribution in [0.4, 0.5) is 13.9 Å². The maximum Gasteiger partial charge on any atom is 0.247 e. The van der Waals surface area contributed by atoms with Crippen molar-refractivity contribution >= 4 is 42.6 Å². The number of amides is 1. The van der Waals surface area contributed by atoms with Gasteiger partial charge in [0.15, 0.2) is 5.13 Å². The van der Waals surface area contributed by atoms with Gasteiger partial charge >= 0.3 is 0 Å². The second-order valence-electron chi connectivity index (χ2n) is 8.35. The fourth-order valence-electron chi connectivity index (χ4n) is 4.28. The number of rotatable bonds is 9. The molecule has 2 aromatic carbocycles. The summed E-state index contributed by atoms with van der Waals surface area (Å²) >= 11 is 1.21.